The summed E-state index contributed by atoms with van der Waals surface area (Å²) < 4.78 is 4.93. The Balaban J connectivity index is 1.89. The number of aromatic nitrogens is 2. The van der Waals surface area contributed by atoms with E-state index in [1.165, 1.54) is 0 Å². The number of carbonyl (C=O) groups excluding carboxylic acids is 1. The lowest BCUT2D eigenvalue weighted by molar-refractivity contribution is -0.117. The minimum absolute atomic E-state index is 0.0845. The van der Waals surface area contributed by atoms with Crippen molar-refractivity contribution in [1.82, 2.24) is 15.0 Å². The lowest BCUT2D eigenvalue weighted by Crippen LogP contribution is -2.30. The Kier molecular flexibility index (Phi) is 5.24. The number of carbonyl (C=O) groups is 1. The number of aryl methyl sites for hydroxylation is 1. The molecule has 0 saturated carbocycles. The van der Waals surface area contributed by atoms with E-state index in [0.29, 0.717) is 18.3 Å². The molecule has 0 spiro atoms. The molecule has 0 aliphatic heterocycles. The summed E-state index contributed by atoms with van der Waals surface area (Å²) >= 11 is 0. The number of anilines is 1. The largest absolute Gasteiger partial charge is 0.338 e. The lowest BCUT2D eigenvalue weighted by atomic mass is 10.1. The third kappa shape index (κ3) is 4.12. The fraction of sp³-hybridized carbons (Fsp3) is 0.400. The predicted octanol–water partition coefficient (Wildman–Crippen LogP) is 1.22. The SMILES string of the molecule is Cc1cccc(NC(=O)CN(C)Cc2noc(CN)n2)c1C. The highest BCUT2D eigenvalue weighted by molar-refractivity contribution is 5.93. The Morgan fingerprint density at radius 3 is 2.86 bits per heavy atom. The molecule has 2 aromatic rings. The number of hydrogen-bond acceptors (Lipinski definition) is 6. The van der Waals surface area contributed by atoms with Gasteiger partial charge in [0, 0.05) is 5.69 Å². The molecular formula is C15H21N5O2. The van der Waals surface area contributed by atoms with Crippen LogP contribution >= 0.6 is 0 Å². The van der Waals surface area contributed by atoms with Crippen molar-refractivity contribution in [2.24, 2.45) is 5.73 Å². The molecule has 0 bridgehead atoms. The highest BCUT2D eigenvalue weighted by Crippen LogP contribution is 2.17. The molecule has 0 unspecified atom stereocenters. The van der Waals surface area contributed by atoms with Gasteiger partial charge in [0.25, 0.3) is 0 Å². The van der Waals surface area contributed by atoms with Crippen LogP contribution in [0.25, 0.3) is 0 Å². The number of rotatable bonds is 6. The maximum atomic E-state index is 12.1. The molecule has 0 aliphatic carbocycles. The Bertz CT molecular complexity index is 653. The van der Waals surface area contributed by atoms with Gasteiger partial charge in [0.05, 0.1) is 19.6 Å². The van der Waals surface area contributed by atoms with Crippen molar-refractivity contribution in [1.29, 1.82) is 0 Å². The van der Waals surface area contributed by atoms with Crippen molar-refractivity contribution in [3.63, 3.8) is 0 Å². The summed E-state index contributed by atoms with van der Waals surface area (Å²) in [5.41, 5.74) is 8.47. The zero-order valence-corrected chi connectivity index (χ0v) is 13.1. The van der Waals surface area contributed by atoms with Crippen molar-refractivity contribution in [2.75, 3.05) is 18.9 Å². The van der Waals surface area contributed by atoms with Gasteiger partial charge in [-0.2, -0.15) is 4.98 Å². The van der Waals surface area contributed by atoms with E-state index in [2.05, 4.69) is 15.5 Å². The maximum Gasteiger partial charge on any atom is 0.240 e. The van der Waals surface area contributed by atoms with Crippen LogP contribution in [-0.4, -0.2) is 34.5 Å². The van der Waals surface area contributed by atoms with Crippen LogP contribution in [0.5, 0.6) is 0 Å². The number of nitrogens with two attached hydrogens (primary N) is 1. The number of nitrogens with zero attached hydrogens (tertiary/aromatic N) is 3. The molecule has 0 radical (unpaired) electrons. The van der Waals surface area contributed by atoms with Gasteiger partial charge in [-0.1, -0.05) is 17.3 Å². The first-order chi connectivity index (χ1) is 10.5. The van der Waals surface area contributed by atoms with E-state index < -0.39 is 0 Å². The zero-order valence-electron chi connectivity index (χ0n) is 13.1. The Morgan fingerprint density at radius 1 is 1.41 bits per heavy atom. The quantitative estimate of drug-likeness (QED) is 0.832. The lowest BCUT2D eigenvalue weighted by Gasteiger charge is -2.15. The van der Waals surface area contributed by atoms with E-state index in [1.807, 2.05) is 44.0 Å². The molecule has 1 aromatic heterocycles. The standard InChI is InChI=1S/C15H21N5O2/c1-10-5-4-6-12(11(10)2)17-14(21)9-20(3)8-13-18-15(7-16)22-19-13/h4-6H,7-9,16H2,1-3H3,(H,17,21). The van der Waals surface area contributed by atoms with E-state index in [-0.39, 0.29) is 19.0 Å². The third-order valence-electron chi connectivity index (χ3n) is 3.39. The minimum Gasteiger partial charge on any atom is -0.338 e. The Hall–Kier alpha value is -2.25. The van der Waals surface area contributed by atoms with Gasteiger partial charge < -0.3 is 15.6 Å². The Labute approximate surface area is 129 Å². The van der Waals surface area contributed by atoms with E-state index >= 15 is 0 Å². The molecule has 0 saturated heterocycles. The molecule has 0 atom stereocenters. The fourth-order valence-corrected chi connectivity index (χ4v) is 2.06. The molecule has 0 fully saturated rings. The second kappa shape index (κ2) is 7.15. The van der Waals surface area contributed by atoms with Gasteiger partial charge in [0.1, 0.15) is 0 Å². The molecular weight excluding hydrogens is 282 g/mol. The molecule has 1 aromatic carbocycles. The normalized spacial score (nSPS) is 11.0. The molecule has 118 valence electrons. The zero-order chi connectivity index (χ0) is 16.1. The van der Waals surface area contributed by atoms with Crippen molar-refractivity contribution in [3.8, 4) is 0 Å². The number of likely N-dealkylation sites (N-methyl/N-ethyl adjacent to an activating group) is 1. The van der Waals surface area contributed by atoms with Gasteiger partial charge >= 0.3 is 0 Å². The van der Waals surface area contributed by atoms with Crippen LogP contribution in [0, 0.1) is 13.8 Å². The minimum atomic E-state index is -0.0845. The van der Waals surface area contributed by atoms with E-state index in [1.54, 1.807) is 0 Å². The Morgan fingerprint density at radius 2 is 2.18 bits per heavy atom. The fourth-order valence-electron chi connectivity index (χ4n) is 2.06. The van der Waals surface area contributed by atoms with Gasteiger partial charge in [0.2, 0.25) is 11.8 Å². The van der Waals surface area contributed by atoms with Crippen LogP contribution in [0.15, 0.2) is 22.7 Å². The molecule has 0 aliphatic rings. The summed E-state index contributed by atoms with van der Waals surface area (Å²) in [5, 5.41) is 6.72. The number of benzene rings is 1. The molecule has 2 rings (SSSR count). The maximum absolute atomic E-state index is 12.1. The number of nitrogens with one attached hydrogen (secondary N) is 1. The average molecular weight is 303 g/mol. The first-order valence-corrected chi connectivity index (χ1v) is 7.05. The summed E-state index contributed by atoms with van der Waals surface area (Å²) in [6, 6.07) is 5.84. The highest BCUT2D eigenvalue weighted by atomic mass is 16.5. The second-order valence-electron chi connectivity index (χ2n) is 5.28. The van der Waals surface area contributed by atoms with Crippen molar-refractivity contribution in [2.45, 2.75) is 26.9 Å². The average Bonchev–Trinajstić information content (AvgIpc) is 2.91. The van der Waals surface area contributed by atoms with Crippen molar-refractivity contribution in [3.05, 3.63) is 41.0 Å². The van der Waals surface area contributed by atoms with Crippen molar-refractivity contribution >= 4 is 11.6 Å². The summed E-state index contributed by atoms with van der Waals surface area (Å²) in [4.78, 5) is 18.0. The summed E-state index contributed by atoms with van der Waals surface area (Å²) in [5.74, 6) is 0.824. The van der Waals surface area contributed by atoms with E-state index in [4.69, 9.17) is 10.3 Å². The van der Waals surface area contributed by atoms with Crippen LogP contribution in [0.3, 0.4) is 0 Å². The van der Waals surface area contributed by atoms with Gasteiger partial charge in [0.15, 0.2) is 5.82 Å². The van der Waals surface area contributed by atoms with Gasteiger partial charge in [-0.3, -0.25) is 9.69 Å². The first-order valence-electron chi connectivity index (χ1n) is 7.05. The van der Waals surface area contributed by atoms with Gasteiger partial charge in [-0.05, 0) is 38.1 Å². The molecule has 3 N–H and O–H groups in total. The van der Waals surface area contributed by atoms with E-state index in [9.17, 15) is 4.79 Å². The van der Waals surface area contributed by atoms with Crippen LogP contribution in [0.4, 0.5) is 5.69 Å². The molecule has 1 heterocycles. The highest BCUT2D eigenvalue weighted by Gasteiger charge is 2.12. The molecule has 7 heteroatoms. The second-order valence-corrected chi connectivity index (χ2v) is 5.28. The van der Waals surface area contributed by atoms with Crippen LogP contribution in [0.1, 0.15) is 22.8 Å². The summed E-state index contributed by atoms with van der Waals surface area (Å²) in [6.45, 7) is 4.87. The van der Waals surface area contributed by atoms with Crippen LogP contribution in [-0.2, 0) is 17.9 Å². The molecule has 7 nitrogen and oxygen atoms in total. The van der Waals surface area contributed by atoms with Crippen LogP contribution < -0.4 is 11.1 Å². The summed E-state index contributed by atoms with van der Waals surface area (Å²) in [6.07, 6.45) is 0. The topological polar surface area (TPSA) is 97.3 Å². The van der Waals surface area contributed by atoms with Crippen molar-refractivity contribution < 1.29 is 9.32 Å². The molecule has 22 heavy (non-hydrogen) atoms. The van der Waals surface area contributed by atoms with Gasteiger partial charge in [-0.15, -0.1) is 0 Å². The third-order valence-corrected chi connectivity index (χ3v) is 3.39. The molecule has 1 amide bonds. The summed E-state index contributed by atoms with van der Waals surface area (Å²) in [7, 11) is 1.82. The van der Waals surface area contributed by atoms with Crippen LogP contribution in [0.2, 0.25) is 0 Å². The van der Waals surface area contributed by atoms with E-state index in [0.717, 1.165) is 16.8 Å². The van der Waals surface area contributed by atoms with Gasteiger partial charge in [-0.25, -0.2) is 0 Å². The number of amides is 1. The number of hydrogen-bond donors (Lipinski definition) is 2. The smallest absolute Gasteiger partial charge is 0.240 e. The predicted molar refractivity (Wildman–Crippen MR) is 83.1 cm³/mol. The first kappa shape index (κ1) is 16.1. The monoisotopic (exact) mass is 303 g/mol.